The number of aryl methyl sites for hydroxylation is 3. The molecule has 0 aliphatic carbocycles. The van der Waals surface area contributed by atoms with Gasteiger partial charge < -0.3 is 20.1 Å². The Labute approximate surface area is 226 Å². The molecule has 0 saturated carbocycles. The number of primary amides is 1. The van der Waals surface area contributed by atoms with Crippen LogP contribution in [0.3, 0.4) is 0 Å². The molecule has 0 aliphatic heterocycles. The molecule has 0 saturated heterocycles. The van der Waals surface area contributed by atoms with Gasteiger partial charge >= 0.3 is 0 Å². The Morgan fingerprint density at radius 2 is 1.93 bits per heavy atom. The summed E-state index contributed by atoms with van der Waals surface area (Å²) in [6.07, 6.45) is -1.63. The van der Waals surface area contributed by atoms with Gasteiger partial charge in [-0.15, -0.1) is 0 Å². The minimum Gasteiger partial charge on any atom is -0.374 e. The number of pyridine rings is 2. The van der Waals surface area contributed by atoms with Crippen LogP contribution in [0.5, 0.6) is 0 Å². The number of nitrogens with two attached hydrogens (primary N) is 1. The van der Waals surface area contributed by atoms with Crippen LogP contribution in [0, 0.1) is 6.92 Å². The van der Waals surface area contributed by atoms with Crippen molar-refractivity contribution in [3.63, 3.8) is 0 Å². The molecule has 0 aliphatic rings. The van der Waals surface area contributed by atoms with Crippen LogP contribution in [0.2, 0.25) is 0 Å². The fraction of sp³-hybridized carbons (Fsp3) is 0.179. The number of nitrogens with one attached hydrogen (secondary N) is 1. The van der Waals surface area contributed by atoms with Crippen LogP contribution >= 0.6 is 0 Å². The fourth-order valence-corrected chi connectivity index (χ4v) is 4.68. The van der Waals surface area contributed by atoms with E-state index < -0.39 is 29.6 Å². The average molecular weight is 547 g/mol. The summed E-state index contributed by atoms with van der Waals surface area (Å²) in [5.74, 6) is -1.81. The second kappa shape index (κ2) is 10.2. The molecule has 0 unspecified atom stereocenters. The van der Waals surface area contributed by atoms with Gasteiger partial charge in [0, 0.05) is 47.7 Å². The van der Waals surface area contributed by atoms with Crippen molar-refractivity contribution in [1.82, 2.24) is 19.3 Å². The monoisotopic (exact) mass is 546 g/mol. The van der Waals surface area contributed by atoms with E-state index in [0.717, 1.165) is 10.1 Å². The summed E-state index contributed by atoms with van der Waals surface area (Å²) in [4.78, 5) is 46.3. The number of alkyl halides is 2. The Kier molecular flexibility index (Phi) is 6.76. The highest BCUT2D eigenvalue weighted by Crippen LogP contribution is 2.32. The molecule has 204 valence electrons. The van der Waals surface area contributed by atoms with E-state index in [0.29, 0.717) is 34.8 Å². The molecule has 3 N–H and O–H groups in total. The normalized spacial score (nSPS) is 11.3. The lowest BCUT2D eigenvalue weighted by Crippen LogP contribution is -2.17. The van der Waals surface area contributed by atoms with Crippen LogP contribution < -0.4 is 16.6 Å². The van der Waals surface area contributed by atoms with Crippen LogP contribution in [0.25, 0.3) is 33.4 Å². The topological polar surface area (TPSA) is 138 Å². The zero-order valence-electron chi connectivity index (χ0n) is 21.7. The quantitative estimate of drug-likeness (QED) is 0.304. The lowest BCUT2D eigenvalue weighted by Gasteiger charge is -2.12. The van der Waals surface area contributed by atoms with E-state index in [1.165, 1.54) is 25.4 Å². The third-order valence-corrected chi connectivity index (χ3v) is 6.43. The summed E-state index contributed by atoms with van der Waals surface area (Å²) in [6.45, 7) is 4.13. The van der Waals surface area contributed by atoms with E-state index in [-0.39, 0.29) is 22.4 Å². The van der Waals surface area contributed by atoms with Crippen molar-refractivity contribution >= 4 is 28.4 Å². The highest BCUT2D eigenvalue weighted by atomic mass is 19.3. The smallest absolute Gasteiger partial charge is 0.298 e. The summed E-state index contributed by atoms with van der Waals surface area (Å²) in [5.41, 5.74) is 7.78. The molecule has 4 aromatic heterocycles. The van der Waals surface area contributed by atoms with Crippen LogP contribution in [0.15, 0.2) is 64.0 Å². The van der Waals surface area contributed by atoms with E-state index in [1.54, 1.807) is 31.2 Å². The number of anilines is 1. The van der Waals surface area contributed by atoms with Crippen molar-refractivity contribution < 1.29 is 22.9 Å². The van der Waals surface area contributed by atoms with E-state index >= 15 is 0 Å². The van der Waals surface area contributed by atoms with Gasteiger partial charge in [0.05, 0.1) is 22.5 Å². The number of hydrogen-bond donors (Lipinski definition) is 2. The number of carbonyl (C=O) groups excluding carboxylic acids is 2. The Balaban J connectivity index is 1.57. The van der Waals surface area contributed by atoms with E-state index in [2.05, 4.69) is 15.3 Å². The fourth-order valence-electron chi connectivity index (χ4n) is 4.68. The molecular formula is C28H24F2N6O4. The number of rotatable bonds is 7. The van der Waals surface area contributed by atoms with Crippen molar-refractivity contribution in [3.05, 3.63) is 87.8 Å². The van der Waals surface area contributed by atoms with Gasteiger partial charge in [-0.05, 0) is 50.2 Å². The van der Waals surface area contributed by atoms with E-state index in [1.807, 2.05) is 23.6 Å². The number of benzene rings is 1. The van der Waals surface area contributed by atoms with Crippen molar-refractivity contribution in [2.45, 2.75) is 26.8 Å². The lowest BCUT2D eigenvalue weighted by atomic mass is 10.1. The third-order valence-electron chi connectivity index (χ3n) is 6.43. The molecule has 5 aromatic rings. The number of hydrogen-bond acceptors (Lipinski definition) is 6. The Morgan fingerprint density at radius 1 is 1.15 bits per heavy atom. The van der Waals surface area contributed by atoms with E-state index in [9.17, 15) is 23.2 Å². The largest absolute Gasteiger partial charge is 0.374 e. The van der Waals surface area contributed by atoms with Gasteiger partial charge in [-0.3, -0.25) is 19.4 Å². The number of carbonyl (C=O) groups is 2. The van der Waals surface area contributed by atoms with E-state index in [4.69, 9.17) is 10.3 Å². The molecule has 40 heavy (non-hydrogen) atoms. The summed E-state index contributed by atoms with van der Waals surface area (Å²) in [6, 6.07) is 13.1. The molecule has 1 aromatic carbocycles. The molecule has 0 atom stereocenters. The molecule has 2 amide bonds. The van der Waals surface area contributed by atoms with Gasteiger partial charge in [0.15, 0.2) is 5.69 Å². The Hall–Kier alpha value is -5.13. The zero-order valence-corrected chi connectivity index (χ0v) is 21.7. The second-order valence-corrected chi connectivity index (χ2v) is 9.09. The van der Waals surface area contributed by atoms with Crippen LogP contribution in [-0.4, -0.2) is 31.1 Å². The molecular weight excluding hydrogens is 522 g/mol. The van der Waals surface area contributed by atoms with Gasteiger partial charge in [-0.2, -0.15) is 4.74 Å². The van der Waals surface area contributed by atoms with Gasteiger partial charge in [-0.1, -0.05) is 12.1 Å². The number of halogens is 2. The number of amides is 2. The van der Waals surface area contributed by atoms with Gasteiger partial charge in [0.1, 0.15) is 0 Å². The Morgan fingerprint density at radius 3 is 2.58 bits per heavy atom. The standard InChI is InChI=1S/C28H24F2N6O4/c1-4-36-20(19-9-8-16(13-32-19)21-24(25(29)30)40-35(3)28(21)39)12-17-10-14(2)33-22(23(17)36)27(38)34-18-7-5-6-15(11-18)26(31)37/h5-13,25H,4H2,1-3H3,(H2,31,37)(H,34,38). The highest BCUT2D eigenvalue weighted by Gasteiger charge is 2.25. The van der Waals surface area contributed by atoms with Crippen LogP contribution in [-0.2, 0) is 13.6 Å². The van der Waals surface area contributed by atoms with Crippen molar-refractivity contribution in [2.24, 2.45) is 12.8 Å². The molecule has 4 heterocycles. The highest BCUT2D eigenvalue weighted by molar-refractivity contribution is 6.11. The average Bonchev–Trinajstić information content (AvgIpc) is 3.45. The number of nitrogens with zero attached hydrogens (tertiary/aromatic N) is 4. The lowest BCUT2D eigenvalue weighted by molar-refractivity contribution is 0.0995. The van der Waals surface area contributed by atoms with Crippen molar-refractivity contribution in [3.8, 4) is 22.5 Å². The first-order chi connectivity index (χ1) is 19.1. The van der Waals surface area contributed by atoms with Gasteiger partial charge in [-0.25, -0.2) is 13.8 Å². The molecule has 0 radical (unpaired) electrons. The first-order valence-corrected chi connectivity index (χ1v) is 12.3. The zero-order chi connectivity index (χ0) is 28.7. The SMILES string of the molecule is CCn1c(-c2ccc(-c3c(C(F)F)on(C)c3=O)cn2)cc2cc(C)nc(C(=O)Nc3cccc(C(N)=O)c3)c21. The predicted octanol–water partition coefficient (Wildman–Crippen LogP) is 4.67. The molecule has 0 bridgehead atoms. The first kappa shape index (κ1) is 26.5. The molecule has 0 spiro atoms. The Bertz CT molecular complexity index is 1840. The van der Waals surface area contributed by atoms with Crippen LogP contribution in [0.4, 0.5) is 14.5 Å². The molecule has 5 rings (SSSR count). The van der Waals surface area contributed by atoms with Crippen LogP contribution in [0.1, 0.15) is 45.6 Å². The minimum atomic E-state index is -2.97. The number of aromatic nitrogens is 4. The third kappa shape index (κ3) is 4.64. The summed E-state index contributed by atoms with van der Waals surface area (Å²) in [5, 5.41) is 3.53. The predicted molar refractivity (Wildman–Crippen MR) is 144 cm³/mol. The van der Waals surface area contributed by atoms with Gasteiger partial charge in [0.2, 0.25) is 11.7 Å². The minimum absolute atomic E-state index is 0.174. The summed E-state index contributed by atoms with van der Waals surface area (Å²) < 4.78 is 34.5. The molecule has 0 fully saturated rings. The first-order valence-electron chi connectivity index (χ1n) is 12.3. The number of fused-ring (bicyclic) bond motifs is 1. The second-order valence-electron chi connectivity index (χ2n) is 9.09. The molecule has 12 heteroatoms. The summed E-state index contributed by atoms with van der Waals surface area (Å²) in [7, 11) is 1.26. The maximum absolute atomic E-state index is 13.5. The van der Waals surface area contributed by atoms with Gasteiger partial charge in [0.25, 0.3) is 17.9 Å². The van der Waals surface area contributed by atoms with Crippen molar-refractivity contribution in [2.75, 3.05) is 5.32 Å². The maximum Gasteiger partial charge on any atom is 0.298 e. The maximum atomic E-state index is 13.5. The summed E-state index contributed by atoms with van der Waals surface area (Å²) >= 11 is 0. The molecule has 10 nitrogen and oxygen atoms in total. The van der Waals surface area contributed by atoms with Crippen molar-refractivity contribution in [1.29, 1.82) is 0 Å².